The van der Waals surface area contributed by atoms with Gasteiger partial charge in [-0.15, -0.1) is 0 Å². The molecular weight excluding hydrogens is 254 g/mol. The van der Waals surface area contributed by atoms with E-state index in [4.69, 9.17) is 4.74 Å². The van der Waals surface area contributed by atoms with Crippen LogP contribution in [-0.4, -0.2) is 48.5 Å². The Balaban J connectivity index is 1.74. The lowest BCUT2D eigenvalue weighted by Crippen LogP contribution is -2.41. The molecule has 5 heteroatoms. The van der Waals surface area contributed by atoms with Gasteiger partial charge in [-0.3, -0.25) is 9.80 Å². The van der Waals surface area contributed by atoms with Crippen LogP contribution in [0.15, 0.2) is 5.10 Å². The number of carbonyl (C=O) groups excluding carboxylic acids is 1. The minimum absolute atomic E-state index is 0.149. The van der Waals surface area contributed by atoms with Crippen LogP contribution in [0.1, 0.15) is 46.5 Å². The van der Waals surface area contributed by atoms with Crippen LogP contribution >= 0.6 is 0 Å². The highest BCUT2D eigenvalue weighted by Crippen LogP contribution is 2.25. The zero-order valence-electron chi connectivity index (χ0n) is 12.9. The Hall–Kier alpha value is -1.10. The lowest BCUT2D eigenvalue weighted by atomic mass is 9.92. The number of carbonyl (C=O) groups is 1. The van der Waals surface area contributed by atoms with Crippen molar-refractivity contribution in [2.24, 2.45) is 11.0 Å². The molecule has 114 valence electrons. The average molecular weight is 281 g/mol. The maximum atomic E-state index is 12.0. The summed E-state index contributed by atoms with van der Waals surface area (Å²) in [5.74, 6) is 0.554. The number of amides is 1. The number of nitrogens with zero attached hydrogens (tertiary/aromatic N) is 2. The van der Waals surface area contributed by atoms with Gasteiger partial charge in [0.15, 0.2) is 0 Å². The van der Waals surface area contributed by atoms with Gasteiger partial charge in [0.05, 0.1) is 18.7 Å². The van der Waals surface area contributed by atoms with Crippen molar-refractivity contribution in [3.63, 3.8) is 0 Å². The van der Waals surface area contributed by atoms with Crippen LogP contribution in [0.25, 0.3) is 0 Å². The Morgan fingerprint density at radius 2 is 2.35 bits per heavy atom. The summed E-state index contributed by atoms with van der Waals surface area (Å²) in [5.41, 5.74) is 1.16. The van der Waals surface area contributed by atoms with E-state index in [0.29, 0.717) is 25.0 Å². The first kappa shape index (κ1) is 15.3. The average Bonchev–Trinajstić information content (AvgIpc) is 2.72. The summed E-state index contributed by atoms with van der Waals surface area (Å²) >= 11 is 0. The smallest absolute Gasteiger partial charge is 0.220 e. The molecule has 0 bridgehead atoms. The Bertz CT molecular complexity index is 364. The zero-order valence-corrected chi connectivity index (χ0v) is 12.9. The molecule has 2 heterocycles. The molecule has 1 fully saturated rings. The van der Waals surface area contributed by atoms with E-state index in [2.05, 4.69) is 36.2 Å². The first-order valence-corrected chi connectivity index (χ1v) is 7.80. The second kappa shape index (κ2) is 7.07. The van der Waals surface area contributed by atoms with E-state index < -0.39 is 0 Å². The summed E-state index contributed by atoms with van der Waals surface area (Å²) in [6.07, 6.45) is 3.54. The first-order valence-electron chi connectivity index (χ1n) is 7.80. The molecule has 0 aromatic rings. The van der Waals surface area contributed by atoms with E-state index in [1.807, 2.05) is 0 Å². The standard InChI is InChI=1S/C15H27N3O2/c1-4-18-12(3)14(11(2)17-18)7-8-15(19)16-13-6-5-9-20-10-13/h12-14H,4-10H2,1-3H3,(H,16,19). The van der Waals surface area contributed by atoms with E-state index in [-0.39, 0.29) is 11.9 Å². The third-order valence-corrected chi connectivity index (χ3v) is 4.41. The molecule has 1 amide bonds. The molecule has 2 rings (SSSR count). The first-order chi connectivity index (χ1) is 9.61. The van der Waals surface area contributed by atoms with Crippen molar-refractivity contribution >= 4 is 11.6 Å². The highest BCUT2D eigenvalue weighted by molar-refractivity contribution is 5.87. The van der Waals surface area contributed by atoms with Crippen molar-refractivity contribution in [2.75, 3.05) is 19.8 Å². The van der Waals surface area contributed by atoms with Gasteiger partial charge < -0.3 is 10.1 Å². The summed E-state index contributed by atoms with van der Waals surface area (Å²) in [5, 5.41) is 9.76. The molecule has 0 aromatic carbocycles. The molecule has 0 aromatic heterocycles. The van der Waals surface area contributed by atoms with Crippen LogP contribution in [-0.2, 0) is 9.53 Å². The third kappa shape index (κ3) is 3.72. The van der Waals surface area contributed by atoms with E-state index in [1.54, 1.807) is 0 Å². The van der Waals surface area contributed by atoms with E-state index in [9.17, 15) is 4.79 Å². The number of hydrogen-bond donors (Lipinski definition) is 1. The third-order valence-electron chi connectivity index (χ3n) is 4.41. The monoisotopic (exact) mass is 281 g/mol. The molecular formula is C15H27N3O2. The molecule has 1 saturated heterocycles. The molecule has 0 aliphatic carbocycles. The van der Waals surface area contributed by atoms with Crippen molar-refractivity contribution in [3.8, 4) is 0 Å². The molecule has 5 nitrogen and oxygen atoms in total. The quantitative estimate of drug-likeness (QED) is 0.835. The summed E-state index contributed by atoms with van der Waals surface area (Å²) in [4.78, 5) is 12.0. The van der Waals surface area contributed by atoms with Gasteiger partial charge in [0.1, 0.15) is 0 Å². The fourth-order valence-electron chi connectivity index (χ4n) is 3.17. The Labute approximate surface area is 121 Å². The van der Waals surface area contributed by atoms with E-state index >= 15 is 0 Å². The summed E-state index contributed by atoms with van der Waals surface area (Å²) in [6, 6.07) is 0.616. The molecule has 3 atom stereocenters. The number of hydrazone groups is 1. The lowest BCUT2D eigenvalue weighted by Gasteiger charge is -2.25. The molecule has 20 heavy (non-hydrogen) atoms. The van der Waals surface area contributed by atoms with Crippen molar-refractivity contribution in [3.05, 3.63) is 0 Å². The summed E-state index contributed by atoms with van der Waals surface area (Å²) in [6.45, 7) is 8.81. The normalized spacial score (nSPS) is 30.2. The van der Waals surface area contributed by atoms with E-state index in [1.165, 1.54) is 0 Å². The maximum Gasteiger partial charge on any atom is 0.220 e. The number of hydrogen-bond acceptors (Lipinski definition) is 4. The van der Waals surface area contributed by atoms with Gasteiger partial charge in [-0.25, -0.2) is 0 Å². The molecule has 3 unspecified atom stereocenters. The van der Waals surface area contributed by atoms with Crippen molar-refractivity contribution < 1.29 is 9.53 Å². The van der Waals surface area contributed by atoms with Crippen LogP contribution < -0.4 is 5.32 Å². The highest BCUT2D eigenvalue weighted by Gasteiger charge is 2.31. The molecule has 2 aliphatic heterocycles. The van der Waals surface area contributed by atoms with Gasteiger partial charge in [0, 0.05) is 31.2 Å². The van der Waals surface area contributed by atoms with Gasteiger partial charge in [0.2, 0.25) is 5.91 Å². The Kier molecular flexibility index (Phi) is 5.40. The van der Waals surface area contributed by atoms with Crippen LogP contribution in [0.2, 0.25) is 0 Å². The van der Waals surface area contributed by atoms with Crippen LogP contribution in [0.5, 0.6) is 0 Å². The predicted molar refractivity (Wildman–Crippen MR) is 79.7 cm³/mol. The SMILES string of the molecule is CCN1N=C(C)C(CCC(=O)NC2CCCOC2)C1C. The highest BCUT2D eigenvalue weighted by atomic mass is 16.5. The Morgan fingerprint density at radius 3 is 2.95 bits per heavy atom. The van der Waals surface area contributed by atoms with Crippen LogP contribution in [0.4, 0.5) is 0 Å². The summed E-state index contributed by atoms with van der Waals surface area (Å²) in [7, 11) is 0. The minimum Gasteiger partial charge on any atom is -0.379 e. The fraction of sp³-hybridized carbons (Fsp3) is 0.867. The molecule has 1 N–H and O–H groups in total. The summed E-state index contributed by atoms with van der Waals surface area (Å²) < 4.78 is 5.38. The van der Waals surface area contributed by atoms with Crippen LogP contribution in [0, 0.1) is 5.92 Å². The second-order valence-electron chi connectivity index (χ2n) is 5.86. The second-order valence-corrected chi connectivity index (χ2v) is 5.86. The van der Waals surface area contributed by atoms with Gasteiger partial charge >= 0.3 is 0 Å². The largest absolute Gasteiger partial charge is 0.379 e. The maximum absolute atomic E-state index is 12.0. The predicted octanol–water partition coefficient (Wildman–Crippen LogP) is 1.78. The van der Waals surface area contributed by atoms with Gasteiger partial charge in [-0.05, 0) is 40.0 Å². The lowest BCUT2D eigenvalue weighted by molar-refractivity contribution is -0.123. The van der Waals surface area contributed by atoms with Crippen molar-refractivity contribution in [1.29, 1.82) is 0 Å². The fourth-order valence-corrected chi connectivity index (χ4v) is 3.17. The molecule has 0 spiro atoms. The topological polar surface area (TPSA) is 53.9 Å². The number of ether oxygens (including phenoxy) is 1. The van der Waals surface area contributed by atoms with E-state index in [0.717, 1.165) is 38.1 Å². The van der Waals surface area contributed by atoms with Gasteiger partial charge in [-0.2, -0.15) is 5.10 Å². The van der Waals surface area contributed by atoms with Crippen molar-refractivity contribution in [1.82, 2.24) is 10.3 Å². The molecule has 2 aliphatic rings. The molecule has 0 saturated carbocycles. The Morgan fingerprint density at radius 1 is 1.55 bits per heavy atom. The van der Waals surface area contributed by atoms with Crippen molar-refractivity contribution in [2.45, 2.75) is 58.5 Å². The zero-order chi connectivity index (χ0) is 14.5. The van der Waals surface area contributed by atoms with Gasteiger partial charge in [-0.1, -0.05) is 0 Å². The number of nitrogens with one attached hydrogen (secondary N) is 1. The van der Waals surface area contributed by atoms with Gasteiger partial charge in [0.25, 0.3) is 0 Å². The minimum atomic E-state index is 0.149. The number of rotatable bonds is 5. The molecule has 0 radical (unpaired) electrons. The van der Waals surface area contributed by atoms with Crippen LogP contribution in [0.3, 0.4) is 0 Å².